The van der Waals surface area contributed by atoms with Gasteiger partial charge in [-0.3, -0.25) is 19.8 Å². The number of likely N-dealkylation sites (tertiary alicyclic amines) is 1. The van der Waals surface area contributed by atoms with E-state index in [9.17, 15) is 23.3 Å². The number of H-pyrrole nitrogens is 1. The number of nitrogens with zero attached hydrogens (tertiary/aromatic N) is 4. The molecule has 3 atom stereocenters. The molecule has 4 aliphatic heterocycles. The first kappa shape index (κ1) is 48.4. The van der Waals surface area contributed by atoms with E-state index in [2.05, 4.69) is 82.1 Å². The Bertz CT molecular complexity index is 2960. The maximum atomic E-state index is 14.4. The Hall–Kier alpha value is -5.91. The van der Waals surface area contributed by atoms with Gasteiger partial charge in [0.1, 0.15) is 24.1 Å². The SMILES string of the molecule is CC(C)c1ccccc1[C@H]1CCCN1C1CC2(CCN(c3ccc(C(=O)NS(=O)(=O)c4cc5c(c([N+](=O)[O-])c4)N[C@@H](C4CCC(C)(C)CC4)CO5)c(Oc4cc5cc[nH]c5nc4O[C@@H]4CCNC4)c3)CC2)C1. The molecule has 3 aromatic carbocycles. The number of carbonyl (C=O) groups is 1. The van der Waals surface area contributed by atoms with Crippen LogP contribution in [-0.2, 0) is 10.0 Å². The number of hydrogen-bond donors (Lipinski definition) is 4. The summed E-state index contributed by atoms with van der Waals surface area (Å²) in [7, 11) is -4.68. The van der Waals surface area contributed by atoms with E-state index < -0.39 is 31.4 Å². The number of piperidine rings is 1. The maximum absolute atomic E-state index is 14.4. The highest BCUT2D eigenvalue weighted by atomic mass is 32.2. The van der Waals surface area contributed by atoms with Crippen molar-refractivity contribution in [3.8, 4) is 23.1 Å². The van der Waals surface area contributed by atoms with Crippen LogP contribution in [0.3, 0.4) is 0 Å². The average molecular weight is 1000 g/mol. The van der Waals surface area contributed by atoms with E-state index in [1.54, 1.807) is 24.4 Å². The summed E-state index contributed by atoms with van der Waals surface area (Å²) in [5, 5.41) is 20.0. The predicted octanol–water partition coefficient (Wildman–Crippen LogP) is 10.2. The lowest BCUT2D eigenvalue weighted by atomic mass is 9.59. The Labute approximate surface area is 422 Å². The molecule has 0 radical (unpaired) electrons. The lowest BCUT2D eigenvalue weighted by Crippen LogP contribution is -2.54. The third-order valence-corrected chi connectivity index (χ3v) is 18.3. The second-order valence-corrected chi connectivity index (χ2v) is 24.2. The fourth-order valence-electron chi connectivity index (χ4n) is 12.7. The first-order chi connectivity index (χ1) is 34.6. The third-order valence-electron chi connectivity index (χ3n) is 16.9. The molecule has 17 heteroatoms. The van der Waals surface area contributed by atoms with Crippen molar-refractivity contribution in [2.45, 2.75) is 133 Å². The number of carbonyl (C=O) groups excluding carboxylic acids is 1. The van der Waals surface area contributed by atoms with Crippen LogP contribution < -0.4 is 34.5 Å². The molecule has 3 saturated heterocycles. The molecule has 5 fully saturated rings. The summed E-state index contributed by atoms with van der Waals surface area (Å²) in [6.45, 7) is 13.5. The standard InChI is InChI=1S/C55H68N8O8S/c1-34(2)41-8-5-6-9-42(41)45-10-7-23-62(45)38-30-55(31-38)19-24-61(25-20-55)37-11-12-43(47(27-37)71-49-26-36-15-22-57-51(36)59-53(49)70-39-16-21-56-32-39)52(64)60-72(67,68)40-28-46(63(65)66)50-48(29-40)69-33-44(58-50)35-13-17-54(3,4)18-14-35/h5-6,8-9,11-12,15,22,26-29,34-35,38-39,44-45,56,58H,7,10,13-14,16-21,23-25,30-33H2,1-4H3,(H,57,59)(H,60,64)/t39-,44-,45-/m1/s1. The minimum absolute atomic E-state index is 0.0452. The summed E-state index contributed by atoms with van der Waals surface area (Å²) in [5.74, 6) is 0.431. The minimum Gasteiger partial charge on any atom is -0.489 e. The molecule has 11 rings (SSSR count). The van der Waals surface area contributed by atoms with Gasteiger partial charge in [0.2, 0.25) is 0 Å². The van der Waals surface area contributed by atoms with E-state index in [0.29, 0.717) is 30.2 Å². The Kier molecular flexibility index (Phi) is 12.9. The van der Waals surface area contributed by atoms with Crippen molar-refractivity contribution in [2.24, 2.45) is 16.7 Å². The molecule has 4 N–H and O–H groups in total. The lowest BCUT2D eigenvalue weighted by Gasteiger charge is -2.56. The highest BCUT2D eigenvalue weighted by molar-refractivity contribution is 7.90. The average Bonchev–Trinajstić information content (AvgIpc) is 4.16. The van der Waals surface area contributed by atoms with E-state index in [4.69, 9.17) is 19.2 Å². The quantitative estimate of drug-likeness (QED) is 0.0644. The number of nitro groups is 1. The van der Waals surface area contributed by atoms with Crippen molar-refractivity contribution in [2.75, 3.05) is 49.5 Å². The van der Waals surface area contributed by atoms with Crippen LogP contribution in [0.15, 0.2) is 77.8 Å². The van der Waals surface area contributed by atoms with Gasteiger partial charge in [0, 0.05) is 67.2 Å². The van der Waals surface area contributed by atoms with Crippen LogP contribution >= 0.6 is 0 Å². The van der Waals surface area contributed by atoms with Crippen molar-refractivity contribution >= 4 is 44.0 Å². The van der Waals surface area contributed by atoms with Gasteiger partial charge in [-0.25, -0.2) is 13.1 Å². The number of anilines is 2. The molecule has 6 aliphatic rings. The number of rotatable bonds is 13. The smallest absolute Gasteiger partial charge is 0.297 e. The second kappa shape index (κ2) is 19.2. The number of amides is 1. The van der Waals surface area contributed by atoms with Crippen LogP contribution in [0.25, 0.3) is 11.0 Å². The van der Waals surface area contributed by atoms with Gasteiger partial charge in [0.15, 0.2) is 17.2 Å². The number of aromatic amines is 1. The van der Waals surface area contributed by atoms with E-state index in [0.717, 1.165) is 88.3 Å². The monoisotopic (exact) mass is 1000 g/mol. The van der Waals surface area contributed by atoms with Crippen molar-refractivity contribution < 1.29 is 32.3 Å². The van der Waals surface area contributed by atoms with Gasteiger partial charge in [-0.15, -0.1) is 0 Å². The molecule has 1 spiro atoms. The zero-order chi connectivity index (χ0) is 49.9. The number of ether oxygens (including phenoxy) is 3. The molecule has 382 valence electrons. The highest BCUT2D eigenvalue weighted by Gasteiger charge is 2.50. The largest absolute Gasteiger partial charge is 0.489 e. The number of benzene rings is 3. The second-order valence-electron chi connectivity index (χ2n) is 22.5. The number of sulfonamides is 1. The molecular formula is C55H68N8O8S. The third kappa shape index (κ3) is 9.59. The van der Waals surface area contributed by atoms with Crippen molar-refractivity contribution in [1.82, 2.24) is 24.9 Å². The van der Waals surface area contributed by atoms with Crippen LogP contribution in [0.4, 0.5) is 17.1 Å². The molecule has 16 nitrogen and oxygen atoms in total. The van der Waals surface area contributed by atoms with Crippen molar-refractivity contribution in [3.05, 3.63) is 99.7 Å². The van der Waals surface area contributed by atoms with Gasteiger partial charge < -0.3 is 34.7 Å². The minimum atomic E-state index is -4.68. The molecule has 5 aromatic rings. The van der Waals surface area contributed by atoms with E-state index in [1.165, 1.54) is 42.9 Å². The van der Waals surface area contributed by atoms with Gasteiger partial charge in [0.05, 0.1) is 21.4 Å². The molecular weight excluding hydrogens is 933 g/mol. The zero-order valence-electron chi connectivity index (χ0n) is 41.9. The Balaban J connectivity index is 0.842. The highest BCUT2D eigenvalue weighted by Crippen LogP contribution is 2.55. The first-order valence-electron chi connectivity index (χ1n) is 26.2. The van der Waals surface area contributed by atoms with E-state index >= 15 is 0 Å². The fourth-order valence-corrected chi connectivity index (χ4v) is 13.7. The number of nitro benzene ring substituents is 1. The van der Waals surface area contributed by atoms with E-state index in [-0.39, 0.29) is 69.9 Å². The maximum Gasteiger partial charge on any atom is 0.297 e. The molecule has 0 bridgehead atoms. The topological polar surface area (TPSA) is 193 Å². The summed E-state index contributed by atoms with van der Waals surface area (Å²) < 4.78 is 49.8. The number of fused-ring (bicyclic) bond motifs is 2. The molecule has 72 heavy (non-hydrogen) atoms. The van der Waals surface area contributed by atoms with Gasteiger partial charge in [-0.2, -0.15) is 4.98 Å². The van der Waals surface area contributed by atoms with Gasteiger partial charge in [-0.1, -0.05) is 52.0 Å². The summed E-state index contributed by atoms with van der Waals surface area (Å²) in [6.07, 6.45) is 13.3. The number of pyridine rings is 1. The van der Waals surface area contributed by atoms with Crippen LogP contribution in [0.1, 0.15) is 132 Å². The van der Waals surface area contributed by atoms with Gasteiger partial charge in [-0.05, 0) is 142 Å². The first-order valence-corrected chi connectivity index (χ1v) is 27.7. The van der Waals surface area contributed by atoms with Gasteiger partial charge in [0.25, 0.3) is 27.5 Å². The van der Waals surface area contributed by atoms with Crippen LogP contribution in [0, 0.1) is 26.9 Å². The Morgan fingerprint density at radius 3 is 2.50 bits per heavy atom. The van der Waals surface area contributed by atoms with Crippen molar-refractivity contribution in [3.63, 3.8) is 0 Å². The van der Waals surface area contributed by atoms with Gasteiger partial charge >= 0.3 is 0 Å². The Morgan fingerprint density at radius 1 is 0.958 bits per heavy atom. The molecule has 2 aliphatic carbocycles. The number of hydrogen-bond acceptors (Lipinski definition) is 13. The molecule has 0 unspecified atom stereocenters. The normalized spacial score (nSPS) is 23.3. The summed E-state index contributed by atoms with van der Waals surface area (Å²) in [4.78, 5) is 38.9. The summed E-state index contributed by atoms with van der Waals surface area (Å²) in [6, 6.07) is 21.0. The molecule has 2 aromatic heterocycles. The van der Waals surface area contributed by atoms with Crippen molar-refractivity contribution in [1.29, 1.82) is 0 Å². The molecule has 6 heterocycles. The van der Waals surface area contributed by atoms with Crippen LogP contribution in [0.2, 0.25) is 0 Å². The molecule has 2 saturated carbocycles. The fraction of sp³-hybridized carbons (Fsp3) is 0.527. The Morgan fingerprint density at radius 2 is 1.75 bits per heavy atom. The predicted molar refractivity (Wildman–Crippen MR) is 277 cm³/mol. The summed E-state index contributed by atoms with van der Waals surface area (Å²) in [5.41, 5.74) is 4.56. The number of nitrogens with one attached hydrogen (secondary N) is 4. The lowest BCUT2D eigenvalue weighted by molar-refractivity contribution is -0.384. The van der Waals surface area contributed by atoms with E-state index in [1.807, 2.05) is 12.1 Å². The van der Waals surface area contributed by atoms with Crippen LogP contribution in [0.5, 0.6) is 23.1 Å². The number of aromatic nitrogens is 2. The zero-order valence-corrected chi connectivity index (χ0v) is 42.7. The summed E-state index contributed by atoms with van der Waals surface area (Å²) >= 11 is 0. The van der Waals surface area contributed by atoms with Crippen LogP contribution in [-0.4, -0.2) is 91.6 Å². The molecule has 1 amide bonds.